The minimum atomic E-state index is -0.803. The van der Waals surface area contributed by atoms with Gasteiger partial charge in [0.25, 0.3) is 0 Å². The van der Waals surface area contributed by atoms with Gasteiger partial charge in [0.15, 0.2) is 0 Å². The summed E-state index contributed by atoms with van der Waals surface area (Å²) in [4.78, 5) is 0. The average molecular weight is 138 g/mol. The largest absolute Gasteiger partial charge is 0.386 e. The van der Waals surface area contributed by atoms with Crippen LogP contribution in [-0.2, 0) is 0 Å². The van der Waals surface area contributed by atoms with Crippen LogP contribution in [0.1, 0.15) is 0 Å². The van der Waals surface area contributed by atoms with Gasteiger partial charge in [-0.25, -0.2) is 0 Å². The van der Waals surface area contributed by atoms with Crippen molar-refractivity contribution in [3.8, 4) is 0 Å². The highest BCUT2D eigenvalue weighted by molar-refractivity contribution is 5.32. The Morgan fingerprint density at radius 3 is 2.70 bits per heavy atom. The molecule has 0 aromatic rings. The third kappa shape index (κ3) is 1.17. The lowest BCUT2D eigenvalue weighted by Crippen LogP contribution is -2.26. The Bertz CT molecular complexity index is 191. The van der Waals surface area contributed by atoms with E-state index in [9.17, 15) is 5.11 Å². The van der Waals surface area contributed by atoms with E-state index in [0.717, 1.165) is 0 Å². The minimum Gasteiger partial charge on any atom is -0.386 e. The van der Waals surface area contributed by atoms with Crippen molar-refractivity contribution in [3.05, 3.63) is 36.5 Å². The number of allylic oxidation sites excluding steroid dienone is 2. The van der Waals surface area contributed by atoms with Crippen LogP contribution in [0, 0.1) is 0 Å². The maximum Gasteiger partial charge on any atom is 0.108 e. The quantitative estimate of drug-likeness (QED) is 0.550. The fourth-order valence-electron chi connectivity index (χ4n) is 0.870. The number of hydrogen-bond acceptors (Lipinski definition) is 2. The predicted molar refractivity (Wildman–Crippen MR) is 39.4 cm³/mol. The first-order chi connectivity index (χ1) is 4.75. The molecule has 0 spiro atoms. The second-order valence-electron chi connectivity index (χ2n) is 2.19. The molecule has 0 heterocycles. The molecule has 0 amide bonds. The van der Waals surface area contributed by atoms with Gasteiger partial charge in [0.05, 0.1) is 0 Å². The number of rotatable bonds is 1. The molecule has 2 heteroatoms. The van der Waals surface area contributed by atoms with Gasteiger partial charge >= 0.3 is 0 Å². The lowest BCUT2D eigenvalue weighted by atomic mass is 10.00. The summed E-state index contributed by atoms with van der Waals surface area (Å²) in [5.41, 5.74) is 0.662. The third-order valence-electron chi connectivity index (χ3n) is 1.50. The molecule has 1 aliphatic carbocycles. The molecule has 0 aromatic heterocycles. The molecular formula is C8H10O2. The molecule has 0 unspecified atom stereocenters. The molecule has 10 heavy (non-hydrogen) atoms. The molecule has 0 aromatic carbocycles. The Morgan fingerprint density at radius 1 is 1.50 bits per heavy atom. The normalized spacial score (nSPS) is 31.6. The van der Waals surface area contributed by atoms with E-state index >= 15 is 0 Å². The summed E-state index contributed by atoms with van der Waals surface area (Å²) in [7, 11) is 0. The number of aliphatic hydroxyl groups is 2. The van der Waals surface area contributed by atoms with Crippen LogP contribution in [0.15, 0.2) is 36.5 Å². The van der Waals surface area contributed by atoms with Crippen molar-refractivity contribution in [2.75, 3.05) is 0 Å². The van der Waals surface area contributed by atoms with E-state index in [-0.39, 0.29) is 0 Å². The fourth-order valence-corrected chi connectivity index (χ4v) is 0.870. The summed E-state index contributed by atoms with van der Waals surface area (Å²) in [6, 6.07) is 0. The van der Waals surface area contributed by atoms with Gasteiger partial charge in [0.1, 0.15) is 12.2 Å². The monoisotopic (exact) mass is 138 g/mol. The Morgan fingerprint density at radius 2 is 2.20 bits per heavy atom. The molecule has 0 aliphatic heterocycles. The van der Waals surface area contributed by atoms with Crippen molar-refractivity contribution in [1.29, 1.82) is 0 Å². The van der Waals surface area contributed by atoms with Gasteiger partial charge in [0, 0.05) is 0 Å². The lowest BCUT2D eigenvalue weighted by molar-refractivity contribution is 0.0738. The van der Waals surface area contributed by atoms with Gasteiger partial charge in [-0.2, -0.15) is 0 Å². The van der Waals surface area contributed by atoms with Gasteiger partial charge in [-0.3, -0.25) is 0 Å². The van der Waals surface area contributed by atoms with Gasteiger partial charge in [0.2, 0.25) is 0 Å². The molecule has 1 aliphatic rings. The van der Waals surface area contributed by atoms with E-state index in [2.05, 4.69) is 6.58 Å². The Kier molecular flexibility index (Phi) is 2.04. The minimum absolute atomic E-state index is 0.662. The molecule has 1 rings (SSSR count). The lowest BCUT2D eigenvalue weighted by Gasteiger charge is -2.18. The first-order valence-electron chi connectivity index (χ1n) is 3.12. The van der Waals surface area contributed by atoms with Gasteiger partial charge in [-0.15, -0.1) is 0 Å². The Balaban J connectivity index is 2.81. The van der Waals surface area contributed by atoms with Crippen molar-refractivity contribution in [3.63, 3.8) is 0 Å². The fraction of sp³-hybridized carbons (Fsp3) is 0.250. The summed E-state index contributed by atoms with van der Waals surface area (Å²) < 4.78 is 0. The molecule has 2 N–H and O–H groups in total. The standard InChI is InChI=1S/C8H10O2/c1-2-6-4-3-5-7(9)8(6)10/h2-5,7-10H,1H2/t7-,8-/m0/s1. The summed E-state index contributed by atoms with van der Waals surface area (Å²) in [6.07, 6.45) is 4.92. The maximum atomic E-state index is 9.20. The van der Waals surface area contributed by atoms with Crippen LogP contribution in [0.5, 0.6) is 0 Å². The number of hydrogen-bond donors (Lipinski definition) is 2. The molecule has 2 atom stereocenters. The van der Waals surface area contributed by atoms with E-state index < -0.39 is 12.2 Å². The van der Waals surface area contributed by atoms with Crippen molar-refractivity contribution >= 4 is 0 Å². The second kappa shape index (κ2) is 2.82. The summed E-state index contributed by atoms with van der Waals surface area (Å²) in [5.74, 6) is 0. The molecular weight excluding hydrogens is 128 g/mol. The molecule has 54 valence electrons. The van der Waals surface area contributed by atoms with Gasteiger partial charge in [-0.1, -0.05) is 30.9 Å². The molecule has 0 fully saturated rings. The SMILES string of the molecule is C=CC1=CC=C[C@H](O)[C@H]1O. The average Bonchev–Trinajstić information content (AvgIpc) is 1.95. The highest BCUT2D eigenvalue weighted by atomic mass is 16.3. The molecule has 0 radical (unpaired) electrons. The summed E-state index contributed by atoms with van der Waals surface area (Å²) in [6.45, 7) is 3.50. The topological polar surface area (TPSA) is 40.5 Å². The Labute approximate surface area is 59.8 Å². The highest BCUT2D eigenvalue weighted by Crippen LogP contribution is 2.13. The second-order valence-corrected chi connectivity index (χ2v) is 2.19. The van der Waals surface area contributed by atoms with Crippen molar-refractivity contribution in [2.24, 2.45) is 0 Å². The van der Waals surface area contributed by atoms with Crippen LogP contribution in [0.4, 0.5) is 0 Å². The zero-order valence-corrected chi connectivity index (χ0v) is 5.57. The third-order valence-corrected chi connectivity index (χ3v) is 1.50. The highest BCUT2D eigenvalue weighted by Gasteiger charge is 2.17. The predicted octanol–water partition coefficient (Wildman–Crippen LogP) is 0.390. The molecule has 2 nitrogen and oxygen atoms in total. The van der Waals surface area contributed by atoms with Crippen LogP contribution < -0.4 is 0 Å². The van der Waals surface area contributed by atoms with E-state index in [1.807, 2.05) is 0 Å². The van der Waals surface area contributed by atoms with Crippen LogP contribution >= 0.6 is 0 Å². The molecule has 0 saturated heterocycles. The van der Waals surface area contributed by atoms with Crippen LogP contribution in [0.3, 0.4) is 0 Å². The van der Waals surface area contributed by atoms with Crippen LogP contribution in [0.25, 0.3) is 0 Å². The summed E-state index contributed by atoms with van der Waals surface area (Å²) in [5, 5.41) is 18.3. The molecule has 0 bridgehead atoms. The van der Waals surface area contributed by atoms with E-state index in [0.29, 0.717) is 5.57 Å². The van der Waals surface area contributed by atoms with E-state index in [1.165, 1.54) is 12.2 Å². The van der Waals surface area contributed by atoms with Gasteiger partial charge < -0.3 is 10.2 Å². The van der Waals surface area contributed by atoms with E-state index in [4.69, 9.17) is 5.11 Å². The zero-order chi connectivity index (χ0) is 7.56. The van der Waals surface area contributed by atoms with Crippen molar-refractivity contribution < 1.29 is 10.2 Å². The first kappa shape index (κ1) is 7.25. The smallest absolute Gasteiger partial charge is 0.108 e. The van der Waals surface area contributed by atoms with Crippen molar-refractivity contribution in [1.82, 2.24) is 0 Å². The van der Waals surface area contributed by atoms with Crippen LogP contribution in [0.2, 0.25) is 0 Å². The first-order valence-corrected chi connectivity index (χ1v) is 3.12. The maximum absolute atomic E-state index is 9.20. The van der Waals surface area contributed by atoms with E-state index in [1.54, 1.807) is 12.2 Å². The Hall–Kier alpha value is -0.860. The zero-order valence-electron chi connectivity index (χ0n) is 5.57. The number of aliphatic hydroxyl groups excluding tert-OH is 2. The summed E-state index contributed by atoms with van der Waals surface area (Å²) >= 11 is 0. The van der Waals surface area contributed by atoms with Crippen molar-refractivity contribution in [2.45, 2.75) is 12.2 Å². The van der Waals surface area contributed by atoms with Crippen LogP contribution in [-0.4, -0.2) is 22.4 Å². The molecule has 0 saturated carbocycles. The van der Waals surface area contributed by atoms with Gasteiger partial charge in [-0.05, 0) is 5.57 Å².